The van der Waals surface area contributed by atoms with Crippen LogP contribution in [0.2, 0.25) is 0 Å². The fourth-order valence-electron chi connectivity index (χ4n) is 4.96. The maximum absolute atomic E-state index is 13.0. The molecule has 0 saturated heterocycles. The summed E-state index contributed by atoms with van der Waals surface area (Å²) in [6, 6.07) is 20.2. The first-order chi connectivity index (χ1) is 23.7. The second kappa shape index (κ2) is 14.7. The minimum atomic E-state index is -4.46. The zero-order valence-electron chi connectivity index (χ0n) is 26.5. The Kier molecular flexibility index (Phi) is 10.4. The summed E-state index contributed by atoms with van der Waals surface area (Å²) in [6.45, 7) is 3.27. The first-order valence-corrected chi connectivity index (χ1v) is 15.0. The van der Waals surface area contributed by atoms with E-state index in [1.807, 2.05) is 0 Å². The quantitative estimate of drug-likeness (QED) is 0.173. The van der Waals surface area contributed by atoms with E-state index in [0.29, 0.717) is 44.8 Å². The smallest absolute Gasteiger partial charge is 0.348 e. The highest BCUT2D eigenvalue weighted by Crippen LogP contribution is 2.32. The summed E-state index contributed by atoms with van der Waals surface area (Å²) in [5.41, 5.74) is 1.91. The number of carbonyl (C=O) groups excluding carboxylic acids is 2. The number of nitrogens with one attached hydrogen (secondary N) is 2. The van der Waals surface area contributed by atoms with E-state index in [4.69, 9.17) is 0 Å². The van der Waals surface area contributed by atoms with Crippen molar-refractivity contribution in [2.75, 3.05) is 0 Å². The molecular weight excluding hydrogens is 662 g/mol. The molecule has 256 valence electrons. The lowest BCUT2D eigenvalue weighted by molar-refractivity contribution is -0.138. The average Bonchev–Trinajstić information content (AvgIpc) is 3.08. The number of fused-ring (bicyclic) bond motifs is 2. The Balaban J connectivity index is 0.000000194. The molecule has 6 rings (SSSR count). The van der Waals surface area contributed by atoms with Crippen LogP contribution in [-0.2, 0) is 25.4 Å². The number of benzene rings is 2. The molecule has 2 aromatic carbocycles. The molecule has 14 heteroatoms. The lowest BCUT2D eigenvalue weighted by Gasteiger charge is -2.14. The molecule has 2 N–H and O–H groups in total. The maximum atomic E-state index is 13.0. The van der Waals surface area contributed by atoms with Crippen LogP contribution in [0.15, 0.2) is 97.3 Å². The van der Waals surface area contributed by atoms with Crippen molar-refractivity contribution >= 4 is 33.9 Å². The number of nitrogens with zero attached hydrogens (tertiary/aromatic N) is 4. The molecule has 0 fully saturated rings. The SMILES string of the molecule is Cc1nc2ncccc2cc1C(=O)NCc1ccc(C(F)(F)F)cc1.Cc1nc2ncccc2cc1C(=O)NCc1ccccc1C(F)(F)F. The first-order valence-electron chi connectivity index (χ1n) is 15.0. The first kappa shape index (κ1) is 35.4. The van der Waals surface area contributed by atoms with Gasteiger partial charge >= 0.3 is 12.4 Å². The van der Waals surface area contributed by atoms with Gasteiger partial charge in [-0.3, -0.25) is 9.59 Å². The molecule has 0 aliphatic rings. The summed E-state index contributed by atoms with van der Waals surface area (Å²) >= 11 is 0. The van der Waals surface area contributed by atoms with Crippen molar-refractivity contribution in [1.82, 2.24) is 30.6 Å². The van der Waals surface area contributed by atoms with Crippen LogP contribution in [0.3, 0.4) is 0 Å². The van der Waals surface area contributed by atoms with Crippen molar-refractivity contribution in [1.29, 1.82) is 0 Å². The van der Waals surface area contributed by atoms with E-state index in [2.05, 4.69) is 30.6 Å². The summed E-state index contributed by atoms with van der Waals surface area (Å²) in [6.07, 6.45) is -5.61. The molecule has 0 aliphatic carbocycles. The van der Waals surface area contributed by atoms with Gasteiger partial charge in [0.1, 0.15) is 0 Å². The van der Waals surface area contributed by atoms with Crippen molar-refractivity contribution in [2.24, 2.45) is 0 Å². The number of amides is 2. The third-order valence-corrected chi connectivity index (χ3v) is 7.55. The second-order valence-corrected chi connectivity index (χ2v) is 11.1. The van der Waals surface area contributed by atoms with Gasteiger partial charge in [-0.25, -0.2) is 19.9 Å². The lowest BCUT2D eigenvalue weighted by Crippen LogP contribution is -2.25. The Morgan fingerprint density at radius 1 is 0.620 bits per heavy atom. The summed E-state index contributed by atoms with van der Waals surface area (Å²) in [5, 5.41) is 6.66. The monoisotopic (exact) mass is 690 g/mol. The molecule has 0 saturated carbocycles. The highest BCUT2D eigenvalue weighted by atomic mass is 19.4. The van der Waals surface area contributed by atoms with Gasteiger partial charge in [0.15, 0.2) is 11.3 Å². The number of aromatic nitrogens is 4. The van der Waals surface area contributed by atoms with Crippen molar-refractivity contribution < 1.29 is 35.9 Å². The summed E-state index contributed by atoms with van der Waals surface area (Å²) in [4.78, 5) is 41.5. The molecule has 4 heterocycles. The molecule has 2 amide bonds. The lowest BCUT2D eigenvalue weighted by atomic mass is 10.1. The minimum absolute atomic E-state index is 0.0106. The maximum Gasteiger partial charge on any atom is 0.416 e. The standard InChI is InChI=1S/2C18H14F3N3O/c1-11-15(9-13-3-2-8-22-16(13)24-11)17(25)23-10-12-4-6-14(7-5-12)18(19,20)21;1-11-14(9-12-6-4-8-22-16(12)24-11)17(25)23-10-13-5-2-3-7-15(13)18(19,20)21/h2*2-9H,10H2,1H3,(H,23,25). The second-order valence-electron chi connectivity index (χ2n) is 11.1. The van der Waals surface area contributed by atoms with Gasteiger partial charge in [0, 0.05) is 36.3 Å². The summed E-state index contributed by atoms with van der Waals surface area (Å²) < 4.78 is 76.7. The summed E-state index contributed by atoms with van der Waals surface area (Å²) in [5.74, 6) is -0.816. The largest absolute Gasteiger partial charge is 0.416 e. The zero-order valence-corrected chi connectivity index (χ0v) is 26.5. The zero-order chi connectivity index (χ0) is 36.1. The molecule has 4 aromatic heterocycles. The minimum Gasteiger partial charge on any atom is -0.348 e. The van der Waals surface area contributed by atoms with E-state index in [9.17, 15) is 35.9 Å². The van der Waals surface area contributed by atoms with Crippen LogP contribution >= 0.6 is 0 Å². The predicted octanol–water partition coefficient (Wildman–Crippen LogP) is 7.77. The number of aryl methyl sites for hydroxylation is 2. The number of hydrogen-bond acceptors (Lipinski definition) is 6. The normalized spacial score (nSPS) is 11.5. The van der Waals surface area contributed by atoms with Gasteiger partial charge in [0.25, 0.3) is 11.8 Å². The number of pyridine rings is 4. The van der Waals surface area contributed by atoms with Gasteiger partial charge in [0.2, 0.25) is 0 Å². The third-order valence-electron chi connectivity index (χ3n) is 7.55. The van der Waals surface area contributed by atoms with E-state index in [0.717, 1.165) is 23.6 Å². The Morgan fingerprint density at radius 2 is 1.12 bits per heavy atom. The molecule has 0 atom stereocenters. The van der Waals surface area contributed by atoms with Gasteiger partial charge in [-0.15, -0.1) is 0 Å². The number of rotatable bonds is 6. The highest BCUT2D eigenvalue weighted by Gasteiger charge is 2.33. The van der Waals surface area contributed by atoms with Crippen LogP contribution < -0.4 is 10.6 Å². The van der Waals surface area contributed by atoms with Gasteiger partial charge in [-0.2, -0.15) is 26.3 Å². The van der Waals surface area contributed by atoms with E-state index in [1.54, 1.807) is 62.6 Å². The van der Waals surface area contributed by atoms with Gasteiger partial charge in [0.05, 0.1) is 33.6 Å². The van der Waals surface area contributed by atoms with Gasteiger partial charge in [-0.1, -0.05) is 30.3 Å². The van der Waals surface area contributed by atoms with E-state index < -0.39 is 29.4 Å². The summed E-state index contributed by atoms with van der Waals surface area (Å²) in [7, 11) is 0. The van der Waals surface area contributed by atoms with Crippen molar-refractivity contribution in [3.8, 4) is 0 Å². The van der Waals surface area contributed by atoms with Gasteiger partial charge in [-0.05, 0) is 79.6 Å². The topological polar surface area (TPSA) is 110 Å². The van der Waals surface area contributed by atoms with Crippen LogP contribution in [-0.4, -0.2) is 31.8 Å². The molecule has 0 spiro atoms. The van der Waals surface area contributed by atoms with Crippen molar-refractivity contribution in [3.05, 3.63) is 142 Å². The van der Waals surface area contributed by atoms with Crippen LogP contribution in [0, 0.1) is 13.8 Å². The average molecular weight is 691 g/mol. The van der Waals surface area contributed by atoms with Crippen molar-refractivity contribution in [3.63, 3.8) is 0 Å². The highest BCUT2D eigenvalue weighted by molar-refractivity contribution is 5.98. The number of halogens is 6. The Bertz CT molecular complexity index is 2170. The fourth-order valence-corrected chi connectivity index (χ4v) is 4.96. The van der Waals surface area contributed by atoms with Crippen molar-refractivity contribution in [2.45, 2.75) is 39.3 Å². The number of hydrogen-bond donors (Lipinski definition) is 2. The van der Waals surface area contributed by atoms with Gasteiger partial charge < -0.3 is 10.6 Å². The van der Waals surface area contributed by atoms with E-state index in [-0.39, 0.29) is 24.6 Å². The molecule has 0 bridgehead atoms. The molecule has 0 aliphatic heterocycles. The van der Waals surface area contributed by atoms with E-state index in [1.165, 1.54) is 30.3 Å². The van der Waals surface area contributed by atoms with E-state index >= 15 is 0 Å². The molecule has 0 unspecified atom stereocenters. The number of carbonyl (C=O) groups is 2. The molecule has 8 nitrogen and oxygen atoms in total. The fraction of sp³-hybridized carbons (Fsp3) is 0.167. The van der Waals surface area contributed by atoms with Crippen LogP contribution in [0.25, 0.3) is 22.1 Å². The Hall–Kier alpha value is -5.92. The Morgan fingerprint density at radius 3 is 1.62 bits per heavy atom. The molecule has 50 heavy (non-hydrogen) atoms. The predicted molar refractivity (Wildman–Crippen MR) is 174 cm³/mol. The molecule has 6 aromatic rings. The molecule has 0 radical (unpaired) electrons. The third kappa shape index (κ3) is 8.56. The van der Waals surface area contributed by atoms with Crippen LogP contribution in [0.5, 0.6) is 0 Å². The van der Waals surface area contributed by atoms with Crippen LogP contribution in [0.4, 0.5) is 26.3 Å². The number of alkyl halides is 6. The Labute approximate surface area is 281 Å². The van der Waals surface area contributed by atoms with Crippen LogP contribution in [0.1, 0.15) is 54.4 Å². The molecular formula is C36H28F6N6O2.